The molecular weight excluding hydrogens is 385 g/mol. The predicted molar refractivity (Wildman–Crippen MR) is 104 cm³/mol. The van der Waals surface area contributed by atoms with E-state index in [1.807, 2.05) is 6.92 Å². The average Bonchev–Trinajstić information content (AvgIpc) is 2.68. The number of carbonyl (C=O) groups excluding carboxylic acids is 2. The molecule has 0 bridgehead atoms. The molecule has 1 aliphatic rings. The number of nitrogens with one attached hydrogen (secondary N) is 2. The number of rotatable bonds is 7. The summed E-state index contributed by atoms with van der Waals surface area (Å²) in [5, 5.41) is 5.04. The summed E-state index contributed by atoms with van der Waals surface area (Å²) in [7, 11) is -3.75. The molecule has 2 N–H and O–H groups in total. The Labute approximate surface area is 165 Å². The molecule has 0 spiro atoms. The van der Waals surface area contributed by atoms with E-state index in [0.717, 1.165) is 25.3 Å². The van der Waals surface area contributed by atoms with Crippen LogP contribution in [0.15, 0.2) is 23.1 Å². The number of carbonyl (C=O) groups is 2. The number of nitrogens with zero attached hydrogens (tertiary/aromatic N) is 1. The van der Waals surface area contributed by atoms with E-state index in [1.54, 1.807) is 0 Å². The predicted octanol–water partition coefficient (Wildman–Crippen LogP) is 1.71. The Kier molecular flexibility index (Phi) is 7.94. The number of hydrogen-bond donors (Lipinski definition) is 2. The lowest BCUT2D eigenvalue weighted by Gasteiger charge is -2.34. The molecule has 0 aliphatic carbocycles. The van der Waals surface area contributed by atoms with Gasteiger partial charge in [-0.3, -0.25) is 9.59 Å². The molecule has 28 heavy (non-hydrogen) atoms. The Bertz CT molecular complexity index is 813. The molecule has 1 aliphatic heterocycles. The molecule has 0 saturated carbocycles. The summed E-state index contributed by atoms with van der Waals surface area (Å²) >= 11 is 0. The number of aryl methyl sites for hydroxylation is 1. The van der Waals surface area contributed by atoms with E-state index in [-0.39, 0.29) is 23.0 Å². The zero-order chi connectivity index (χ0) is 20.7. The van der Waals surface area contributed by atoms with Crippen molar-refractivity contribution in [1.29, 1.82) is 0 Å². The third-order valence-electron chi connectivity index (χ3n) is 4.81. The fourth-order valence-electron chi connectivity index (χ4n) is 3.24. The molecule has 1 aromatic rings. The average molecular weight is 414 g/mol. The molecule has 1 unspecified atom stereocenters. The van der Waals surface area contributed by atoms with Crippen LogP contribution in [0.2, 0.25) is 0 Å². The summed E-state index contributed by atoms with van der Waals surface area (Å²) in [5.74, 6) is -1.84. The first-order valence-corrected chi connectivity index (χ1v) is 11.1. The standard InChI is InChI=1S/C19H28FN3O4S/c1-3-10-21-18(24)19(25)22-11-9-15-6-4-5-12-23(15)28(26,27)16-7-8-17(20)14(2)13-16/h7-8,13,15H,3-6,9-12H2,1-2H3,(H,21,24)(H,22,25). The van der Waals surface area contributed by atoms with E-state index >= 15 is 0 Å². The van der Waals surface area contributed by atoms with Crippen molar-refractivity contribution in [3.05, 3.63) is 29.6 Å². The highest BCUT2D eigenvalue weighted by atomic mass is 32.2. The van der Waals surface area contributed by atoms with Crippen LogP contribution >= 0.6 is 0 Å². The highest BCUT2D eigenvalue weighted by Gasteiger charge is 2.33. The molecule has 156 valence electrons. The van der Waals surface area contributed by atoms with E-state index in [0.29, 0.717) is 25.9 Å². The zero-order valence-corrected chi connectivity index (χ0v) is 17.1. The highest BCUT2D eigenvalue weighted by Crippen LogP contribution is 2.27. The topological polar surface area (TPSA) is 95.6 Å². The van der Waals surface area contributed by atoms with E-state index in [9.17, 15) is 22.4 Å². The van der Waals surface area contributed by atoms with E-state index in [4.69, 9.17) is 0 Å². The first-order chi connectivity index (χ1) is 13.3. The van der Waals surface area contributed by atoms with E-state index in [1.165, 1.54) is 23.4 Å². The quantitative estimate of drug-likeness (QED) is 0.665. The molecule has 9 heteroatoms. The maximum atomic E-state index is 13.5. The molecule has 0 aromatic heterocycles. The van der Waals surface area contributed by atoms with Gasteiger partial charge in [0.05, 0.1) is 4.90 Å². The summed E-state index contributed by atoms with van der Waals surface area (Å²) < 4.78 is 41.0. The summed E-state index contributed by atoms with van der Waals surface area (Å²) in [4.78, 5) is 23.4. The molecule has 7 nitrogen and oxygen atoms in total. The van der Waals surface area contributed by atoms with Crippen LogP contribution in [0.5, 0.6) is 0 Å². The largest absolute Gasteiger partial charge is 0.348 e. The lowest BCUT2D eigenvalue weighted by atomic mass is 10.0. The van der Waals surface area contributed by atoms with Crippen LogP contribution in [0.25, 0.3) is 0 Å². The van der Waals surface area contributed by atoms with Crippen LogP contribution in [0.1, 0.15) is 44.6 Å². The number of benzene rings is 1. The van der Waals surface area contributed by atoms with Crippen molar-refractivity contribution in [2.45, 2.75) is 56.9 Å². The van der Waals surface area contributed by atoms with Crippen molar-refractivity contribution in [2.24, 2.45) is 0 Å². The van der Waals surface area contributed by atoms with Gasteiger partial charge in [0, 0.05) is 25.7 Å². The molecule has 2 rings (SSSR count). The van der Waals surface area contributed by atoms with Gasteiger partial charge in [0.25, 0.3) is 0 Å². The van der Waals surface area contributed by atoms with Gasteiger partial charge < -0.3 is 10.6 Å². The maximum Gasteiger partial charge on any atom is 0.309 e. The van der Waals surface area contributed by atoms with Crippen LogP contribution in [0, 0.1) is 12.7 Å². The Morgan fingerprint density at radius 1 is 1.18 bits per heavy atom. The molecule has 1 heterocycles. The molecule has 1 atom stereocenters. The Morgan fingerprint density at radius 2 is 1.86 bits per heavy atom. The third kappa shape index (κ3) is 5.51. The number of piperidine rings is 1. The van der Waals surface area contributed by atoms with Gasteiger partial charge in [-0.25, -0.2) is 12.8 Å². The Balaban J connectivity index is 2.02. The summed E-state index contributed by atoms with van der Waals surface area (Å²) in [6.45, 7) is 4.43. The lowest BCUT2D eigenvalue weighted by Crippen LogP contribution is -2.46. The molecular formula is C19H28FN3O4S. The van der Waals surface area contributed by atoms with Gasteiger partial charge in [-0.05, 0) is 56.4 Å². The monoisotopic (exact) mass is 413 g/mol. The van der Waals surface area contributed by atoms with E-state index in [2.05, 4.69) is 10.6 Å². The molecule has 1 fully saturated rings. The van der Waals surface area contributed by atoms with Crippen LogP contribution in [0.3, 0.4) is 0 Å². The second-order valence-corrected chi connectivity index (χ2v) is 8.87. The second kappa shape index (κ2) is 9.97. The minimum Gasteiger partial charge on any atom is -0.348 e. The van der Waals surface area contributed by atoms with Crippen LogP contribution in [-0.2, 0) is 19.6 Å². The van der Waals surface area contributed by atoms with Gasteiger partial charge in [-0.1, -0.05) is 13.3 Å². The number of amides is 2. The number of sulfonamides is 1. The van der Waals surface area contributed by atoms with Crippen LogP contribution < -0.4 is 10.6 Å². The van der Waals surface area contributed by atoms with Gasteiger partial charge in [0.2, 0.25) is 10.0 Å². The SMILES string of the molecule is CCCNC(=O)C(=O)NCCC1CCCCN1S(=O)(=O)c1ccc(F)c(C)c1. The zero-order valence-electron chi connectivity index (χ0n) is 16.3. The second-order valence-electron chi connectivity index (χ2n) is 6.98. The first-order valence-electron chi connectivity index (χ1n) is 9.61. The fraction of sp³-hybridized carbons (Fsp3) is 0.579. The smallest absolute Gasteiger partial charge is 0.309 e. The first kappa shape index (κ1) is 22.3. The molecule has 0 radical (unpaired) electrons. The van der Waals surface area contributed by atoms with Crippen molar-refractivity contribution in [2.75, 3.05) is 19.6 Å². The van der Waals surface area contributed by atoms with Gasteiger partial charge in [-0.15, -0.1) is 0 Å². The Morgan fingerprint density at radius 3 is 2.50 bits per heavy atom. The van der Waals surface area contributed by atoms with Gasteiger partial charge >= 0.3 is 11.8 Å². The minimum atomic E-state index is -3.75. The third-order valence-corrected chi connectivity index (χ3v) is 6.76. The minimum absolute atomic E-state index is 0.0706. The highest BCUT2D eigenvalue weighted by molar-refractivity contribution is 7.89. The normalized spacial score (nSPS) is 17.9. The fourth-order valence-corrected chi connectivity index (χ4v) is 5.05. The number of halogens is 1. The van der Waals surface area contributed by atoms with Crippen molar-refractivity contribution in [3.8, 4) is 0 Å². The van der Waals surface area contributed by atoms with Crippen molar-refractivity contribution >= 4 is 21.8 Å². The van der Waals surface area contributed by atoms with Gasteiger partial charge in [0.1, 0.15) is 5.82 Å². The molecule has 2 amide bonds. The van der Waals surface area contributed by atoms with Crippen molar-refractivity contribution < 1.29 is 22.4 Å². The molecule has 1 aromatic carbocycles. The van der Waals surface area contributed by atoms with Crippen molar-refractivity contribution in [3.63, 3.8) is 0 Å². The maximum absolute atomic E-state index is 13.5. The lowest BCUT2D eigenvalue weighted by molar-refractivity contribution is -0.139. The molecule has 1 saturated heterocycles. The summed E-state index contributed by atoms with van der Waals surface area (Å²) in [6, 6.07) is 3.51. The van der Waals surface area contributed by atoms with Gasteiger partial charge in [0.15, 0.2) is 0 Å². The van der Waals surface area contributed by atoms with Crippen LogP contribution in [-0.4, -0.2) is 50.2 Å². The summed E-state index contributed by atoms with van der Waals surface area (Å²) in [5.41, 5.74) is 0.278. The Hall–Kier alpha value is -2.00. The van der Waals surface area contributed by atoms with Crippen molar-refractivity contribution in [1.82, 2.24) is 14.9 Å². The number of hydrogen-bond acceptors (Lipinski definition) is 4. The summed E-state index contributed by atoms with van der Waals surface area (Å²) in [6.07, 6.45) is 3.46. The van der Waals surface area contributed by atoms with Gasteiger partial charge in [-0.2, -0.15) is 4.31 Å². The van der Waals surface area contributed by atoms with Crippen LogP contribution in [0.4, 0.5) is 4.39 Å². The van der Waals surface area contributed by atoms with E-state index < -0.39 is 27.7 Å².